The van der Waals surface area contributed by atoms with Crippen molar-refractivity contribution >= 4 is 58.5 Å². The number of thioether (sulfide) groups is 1. The van der Waals surface area contributed by atoms with Gasteiger partial charge in [-0.1, -0.05) is 53.0 Å². The van der Waals surface area contributed by atoms with E-state index in [1.54, 1.807) is 36.0 Å². The summed E-state index contributed by atoms with van der Waals surface area (Å²) in [7, 11) is 0. The van der Waals surface area contributed by atoms with Gasteiger partial charge >= 0.3 is 0 Å². The molecule has 0 heterocycles. The van der Waals surface area contributed by atoms with Crippen LogP contribution in [-0.4, -0.2) is 18.2 Å². The maximum Gasteiger partial charge on any atom is 0.244 e. The molecule has 0 aliphatic rings. The molecule has 2 aromatic carbocycles. The number of amides is 1. The number of hydrogen-bond acceptors (Lipinski definition) is 2. The lowest BCUT2D eigenvalue weighted by Crippen LogP contribution is -2.23. The minimum absolute atomic E-state index is 0.149. The van der Waals surface area contributed by atoms with E-state index in [0.29, 0.717) is 16.6 Å². The molecule has 6 heteroatoms. The summed E-state index contributed by atoms with van der Waals surface area (Å²) in [4.78, 5) is 11.8. The van der Waals surface area contributed by atoms with Crippen LogP contribution >= 0.6 is 46.6 Å². The number of rotatable bonds is 7. The average Bonchev–Trinajstić information content (AvgIpc) is 2.54. The molecule has 0 aliphatic carbocycles. The van der Waals surface area contributed by atoms with E-state index in [4.69, 9.17) is 34.8 Å². The largest absolute Gasteiger partial charge is 0.352 e. The summed E-state index contributed by atoms with van der Waals surface area (Å²) < 4.78 is 0. The summed E-state index contributed by atoms with van der Waals surface area (Å²) in [5.74, 6) is 1.55. The molecule has 2 aromatic rings. The van der Waals surface area contributed by atoms with Crippen LogP contribution in [0, 0.1) is 0 Å². The Bertz CT molecular complexity index is 734. The van der Waals surface area contributed by atoms with Crippen LogP contribution in [0.5, 0.6) is 0 Å². The van der Waals surface area contributed by atoms with Crippen LogP contribution in [0.2, 0.25) is 15.1 Å². The summed E-state index contributed by atoms with van der Waals surface area (Å²) >= 11 is 19.6. The van der Waals surface area contributed by atoms with Crippen LogP contribution < -0.4 is 5.32 Å². The molecule has 0 aromatic heterocycles. The summed E-state index contributed by atoms with van der Waals surface area (Å²) in [6.45, 7) is 0.600. The minimum Gasteiger partial charge on any atom is -0.352 e. The second-order valence-electron chi connectivity index (χ2n) is 4.97. The van der Waals surface area contributed by atoms with Crippen molar-refractivity contribution in [2.75, 3.05) is 12.3 Å². The normalized spacial score (nSPS) is 11.0. The van der Waals surface area contributed by atoms with E-state index in [1.807, 2.05) is 24.3 Å². The first-order valence-corrected chi connectivity index (χ1v) is 9.56. The highest BCUT2D eigenvalue weighted by atomic mass is 35.5. The SMILES string of the molecule is O=C(/C=C/c1ccc(Cl)cc1Cl)NCCSCc1cccc(Cl)c1. The predicted octanol–water partition coefficient (Wildman–Crippen LogP) is 5.71. The van der Waals surface area contributed by atoms with Crippen molar-refractivity contribution in [3.05, 3.63) is 74.7 Å². The monoisotopic (exact) mass is 399 g/mol. The van der Waals surface area contributed by atoms with Gasteiger partial charge in [-0.15, -0.1) is 0 Å². The van der Waals surface area contributed by atoms with Gasteiger partial charge in [0.1, 0.15) is 0 Å². The fourth-order valence-electron chi connectivity index (χ4n) is 1.92. The first-order chi connectivity index (χ1) is 11.5. The van der Waals surface area contributed by atoms with E-state index in [-0.39, 0.29) is 5.91 Å². The molecular weight excluding hydrogens is 385 g/mol. The Morgan fingerprint density at radius 3 is 2.62 bits per heavy atom. The third-order valence-electron chi connectivity index (χ3n) is 3.08. The van der Waals surface area contributed by atoms with Crippen molar-refractivity contribution in [2.24, 2.45) is 0 Å². The smallest absolute Gasteiger partial charge is 0.244 e. The Morgan fingerprint density at radius 2 is 1.88 bits per heavy atom. The lowest BCUT2D eigenvalue weighted by Gasteiger charge is -2.04. The molecule has 2 nitrogen and oxygen atoms in total. The zero-order chi connectivity index (χ0) is 17.4. The van der Waals surface area contributed by atoms with E-state index >= 15 is 0 Å². The maximum absolute atomic E-state index is 11.8. The third-order valence-corrected chi connectivity index (χ3v) is 4.91. The Kier molecular flexibility index (Phi) is 8.00. The number of hydrogen-bond donors (Lipinski definition) is 1. The van der Waals surface area contributed by atoms with Crippen LogP contribution in [0.25, 0.3) is 6.08 Å². The van der Waals surface area contributed by atoms with Crippen molar-refractivity contribution in [1.82, 2.24) is 5.32 Å². The highest BCUT2D eigenvalue weighted by Gasteiger charge is 2.00. The van der Waals surface area contributed by atoms with Crippen molar-refractivity contribution in [1.29, 1.82) is 0 Å². The van der Waals surface area contributed by atoms with E-state index in [2.05, 4.69) is 5.32 Å². The van der Waals surface area contributed by atoms with E-state index < -0.39 is 0 Å². The maximum atomic E-state index is 11.8. The van der Waals surface area contributed by atoms with Crippen LogP contribution in [0.3, 0.4) is 0 Å². The fraction of sp³-hybridized carbons (Fsp3) is 0.167. The Hall–Kier alpha value is -1.13. The first-order valence-electron chi connectivity index (χ1n) is 7.28. The van der Waals surface area contributed by atoms with Crippen LogP contribution in [0.1, 0.15) is 11.1 Å². The van der Waals surface area contributed by atoms with E-state index in [0.717, 1.165) is 22.1 Å². The van der Waals surface area contributed by atoms with Crippen molar-refractivity contribution in [3.8, 4) is 0 Å². The third kappa shape index (κ3) is 6.78. The predicted molar refractivity (Wildman–Crippen MR) is 106 cm³/mol. The van der Waals surface area contributed by atoms with Crippen LogP contribution in [0.4, 0.5) is 0 Å². The van der Waals surface area contributed by atoms with Gasteiger partial charge in [0.25, 0.3) is 0 Å². The standard InChI is InChI=1S/C18H16Cl3NOS/c19-15-3-1-2-13(10-15)12-24-9-8-22-18(23)7-5-14-4-6-16(20)11-17(14)21/h1-7,10-11H,8-9,12H2,(H,22,23)/b7-5+. The fourth-order valence-corrected chi connectivity index (χ4v) is 3.41. The summed E-state index contributed by atoms with van der Waals surface area (Å²) in [5.41, 5.74) is 1.93. The molecule has 0 saturated heterocycles. The first kappa shape index (κ1) is 19.2. The lowest BCUT2D eigenvalue weighted by atomic mass is 10.2. The van der Waals surface area contributed by atoms with Gasteiger partial charge in [0.15, 0.2) is 0 Å². The quantitative estimate of drug-likeness (QED) is 0.476. The van der Waals surface area contributed by atoms with Gasteiger partial charge in [0, 0.05) is 39.2 Å². The van der Waals surface area contributed by atoms with Gasteiger partial charge in [-0.25, -0.2) is 0 Å². The number of carbonyl (C=O) groups is 1. The molecule has 0 aliphatic heterocycles. The molecule has 0 spiro atoms. The van der Waals surface area contributed by atoms with Crippen LogP contribution in [0.15, 0.2) is 48.5 Å². The second-order valence-corrected chi connectivity index (χ2v) is 7.36. The minimum atomic E-state index is -0.149. The van der Waals surface area contributed by atoms with Gasteiger partial charge < -0.3 is 5.32 Å². The van der Waals surface area contributed by atoms with Crippen LogP contribution in [-0.2, 0) is 10.5 Å². The molecule has 1 amide bonds. The molecule has 0 radical (unpaired) electrons. The Labute approximate surface area is 161 Å². The zero-order valence-electron chi connectivity index (χ0n) is 12.8. The van der Waals surface area contributed by atoms with Gasteiger partial charge in [-0.3, -0.25) is 4.79 Å². The topological polar surface area (TPSA) is 29.1 Å². The summed E-state index contributed by atoms with van der Waals surface area (Å²) in [6, 6.07) is 12.9. The number of halogens is 3. The van der Waals surface area contributed by atoms with Gasteiger partial charge in [0.05, 0.1) is 0 Å². The highest BCUT2D eigenvalue weighted by molar-refractivity contribution is 7.98. The molecule has 1 N–H and O–H groups in total. The van der Waals surface area contributed by atoms with Crippen molar-refractivity contribution in [3.63, 3.8) is 0 Å². The number of carbonyl (C=O) groups excluding carboxylic acids is 1. The molecule has 0 unspecified atom stereocenters. The molecule has 0 atom stereocenters. The van der Waals surface area contributed by atoms with Gasteiger partial charge in [-0.05, 0) is 41.5 Å². The second kappa shape index (κ2) is 10.00. The Balaban J connectivity index is 1.68. The lowest BCUT2D eigenvalue weighted by molar-refractivity contribution is -0.116. The molecule has 0 bridgehead atoms. The summed E-state index contributed by atoms with van der Waals surface area (Å²) in [6.07, 6.45) is 3.14. The van der Waals surface area contributed by atoms with Crippen molar-refractivity contribution in [2.45, 2.75) is 5.75 Å². The molecule has 0 fully saturated rings. The Morgan fingerprint density at radius 1 is 1.08 bits per heavy atom. The highest BCUT2D eigenvalue weighted by Crippen LogP contribution is 2.22. The van der Waals surface area contributed by atoms with E-state index in [1.165, 1.54) is 11.6 Å². The van der Waals surface area contributed by atoms with E-state index in [9.17, 15) is 4.79 Å². The number of nitrogens with one attached hydrogen (secondary N) is 1. The number of benzene rings is 2. The average molecular weight is 401 g/mol. The molecule has 0 saturated carbocycles. The van der Waals surface area contributed by atoms with Crippen molar-refractivity contribution < 1.29 is 4.79 Å². The zero-order valence-corrected chi connectivity index (χ0v) is 15.9. The van der Waals surface area contributed by atoms with Gasteiger partial charge in [0.2, 0.25) is 5.91 Å². The summed E-state index contributed by atoms with van der Waals surface area (Å²) in [5, 5.41) is 4.67. The molecular formula is C18H16Cl3NOS. The molecule has 126 valence electrons. The van der Waals surface area contributed by atoms with Gasteiger partial charge in [-0.2, -0.15) is 11.8 Å². The molecule has 2 rings (SSSR count). The molecule has 24 heavy (non-hydrogen) atoms.